The first-order valence-corrected chi connectivity index (χ1v) is 5.44. The monoisotopic (exact) mass is 239 g/mol. The number of azide groups is 1. The van der Waals surface area contributed by atoms with Crippen LogP contribution in [0.25, 0.3) is 10.4 Å². The van der Waals surface area contributed by atoms with Crippen LogP contribution in [-0.2, 0) is 6.54 Å². The van der Waals surface area contributed by atoms with E-state index in [-0.39, 0.29) is 6.54 Å². The molecule has 7 nitrogen and oxygen atoms in total. The van der Waals surface area contributed by atoms with Gasteiger partial charge in [0.1, 0.15) is 6.10 Å². The Bertz CT molecular complexity index is 397. The predicted molar refractivity (Wildman–Crippen MR) is 62.0 cm³/mol. The third kappa shape index (κ3) is 4.07. The lowest BCUT2D eigenvalue weighted by molar-refractivity contribution is 0.0243. The maximum Gasteiger partial charge on any atom is 0.108 e. The van der Waals surface area contributed by atoms with Gasteiger partial charge in [0.25, 0.3) is 0 Å². The highest BCUT2D eigenvalue weighted by atomic mass is 16.3. The summed E-state index contributed by atoms with van der Waals surface area (Å²) in [6.45, 7) is 4.72. The molecule has 0 spiro atoms. The molecule has 0 aromatic carbocycles. The Kier molecular flexibility index (Phi) is 4.96. The number of aromatic nitrogens is 2. The lowest BCUT2D eigenvalue weighted by Crippen LogP contribution is -2.20. The van der Waals surface area contributed by atoms with Crippen LogP contribution in [0.4, 0.5) is 0 Å². The van der Waals surface area contributed by atoms with E-state index in [1.165, 1.54) is 6.20 Å². The summed E-state index contributed by atoms with van der Waals surface area (Å²) in [5.41, 5.74) is 8.64. The predicted octanol–water partition coefficient (Wildman–Crippen LogP) is 1.24. The topological polar surface area (TPSA) is 107 Å². The molecule has 0 saturated carbocycles. The molecule has 1 aromatic heterocycles. The Morgan fingerprint density at radius 2 is 2.24 bits per heavy atom. The molecule has 0 amide bonds. The molecule has 0 aliphatic carbocycles. The summed E-state index contributed by atoms with van der Waals surface area (Å²) in [5.74, 6) is 0.452. The Labute approximate surface area is 99.3 Å². The summed E-state index contributed by atoms with van der Waals surface area (Å²) < 4.78 is 1.71. The van der Waals surface area contributed by atoms with Crippen molar-refractivity contribution in [1.29, 1.82) is 0 Å². The van der Waals surface area contributed by atoms with Gasteiger partial charge < -0.3 is 10.2 Å². The average Bonchev–Trinajstić information content (AvgIpc) is 2.72. The lowest BCUT2D eigenvalue weighted by atomic mass is 10.1. The minimum Gasteiger partial charge on any atom is -0.390 e. The number of rotatable bonds is 6. The molecule has 0 bridgehead atoms. The maximum atomic E-state index is 9.78. The van der Waals surface area contributed by atoms with Crippen molar-refractivity contribution in [2.45, 2.75) is 32.6 Å². The molecule has 0 aliphatic rings. The molecule has 1 rings (SSSR count). The van der Waals surface area contributed by atoms with Crippen molar-refractivity contribution in [1.82, 2.24) is 9.78 Å². The van der Waals surface area contributed by atoms with Crippen molar-refractivity contribution < 1.29 is 10.2 Å². The summed E-state index contributed by atoms with van der Waals surface area (Å²) in [5, 5.41) is 26.6. The van der Waals surface area contributed by atoms with E-state index in [4.69, 9.17) is 5.53 Å². The highest BCUT2D eigenvalue weighted by Gasteiger charge is 2.19. The van der Waals surface area contributed by atoms with Crippen molar-refractivity contribution >= 4 is 0 Å². The van der Waals surface area contributed by atoms with Crippen molar-refractivity contribution in [3.05, 3.63) is 28.4 Å². The molecule has 2 atom stereocenters. The fourth-order valence-electron chi connectivity index (χ4n) is 1.45. The molecule has 17 heavy (non-hydrogen) atoms. The van der Waals surface area contributed by atoms with Crippen LogP contribution in [0.2, 0.25) is 0 Å². The lowest BCUT2D eigenvalue weighted by Gasteiger charge is -2.13. The SMILES string of the molecule is CC(C)Cn1cc(C(O)C(O)CN=[N+]=[N-])cn1. The first-order chi connectivity index (χ1) is 8.04. The van der Waals surface area contributed by atoms with Gasteiger partial charge in [-0.25, -0.2) is 0 Å². The van der Waals surface area contributed by atoms with Crippen LogP contribution in [0.5, 0.6) is 0 Å². The molecule has 0 saturated heterocycles. The molecule has 0 fully saturated rings. The van der Waals surface area contributed by atoms with Crippen molar-refractivity contribution in [3.8, 4) is 0 Å². The molecular weight excluding hydrogens is 222 g/mol. The van der Waals surface area contributed by atoms with Crippen molar-refractivity contribution in [2.24, 2.45) is 11.0 Å². The molecule has 7 heteroatoms. The van der Waals surface area contributed by atoms with E-state index >= 15 is 0 Å². The smallest absolute Gasteiger partial charge is 0.108 e. The van der Waals surface area contributed by atoms with Gasteiger partial charge in [0.2, 0.25) is 0 Å². The van der Waals surface area contributed by atoms with Gasteiger partial charge >= 0.3 is 0 Å². The largest absolute Gasteiger partial charge is 0.390 e. The maximum absolute atomic E-state index is 9.78. The van der Waals surface area contributed by atoms with E-state index in [2.05, 4.69) is 29.0 Å². The van der Waals surface area contributed by atoms with Crippen LogP contribution in [0.15, 0.2) is 17.5 Å². The van der Waals surface area contributed by atoms with Gasteiger partial charge in [0.05, 0.1) is 18.8 Å². The summed E-state index contributed by atoms with van der Waals surface area (Å²) in [7, 11) is 0. The molecule has 0 aliphatic heterocycles. The van der Waals surface area contributed by atoms with Crippen LogP contribution in [-0.4, -0.2) is 32.6 Å². The van der Waals surface area contributed by atoms with Crippen LogP contribution in [0.1, 0.15) is 25.5 Å². The molecule has 1 heterocycles. The molecular formula is C10H17N5O2. The quantitative estimate of drug-likeness (QED) is 0.443. The molecule has 2 unspecified atom stereocenters. The Morgan fingerprint density at radius 1 is 1.53 bits per heavy atom. The zero-order valence-electron chi connectivity index (χ0n) is 9.93. The Balaban J connectivity index is 2.65. The third-order valence-electron chi connectivity index (χ3n) is 2.24. The second kappa shape index (κ2) is 6.24. The minimum absolute atomic E-state index is 0.160. The number of hydrogen-bond acceptors (Lipinski definition) is 4. The second-order valence-corrected chi connectivity index (χ2v) is 4.32. The van der Waals surface area contributed by atoms with Crippen LogP contribution in [0, 0.1) is 5.92 Å². The van der Waals surface area contributed by atoms with E-state index in [0.717, 1.165) is 6.54 Å². The third-order valence-corrected chi connectivity index (χ3v) is 2.24. The average molecular weight is 239 g/mol. The fourth-order valence-corrected chi connectivity index (χ4v) is 1.45. The highest BCUT2D eigenvalue weighted by Crippen LogP contribution is 2.16. The molecule has 2 N–H and O–H groups in total. The molecule has 1 aromatic rings. The highest BCUT2D eigenvalue weighted by molar-refractivity contribution is 5.09. The van der Waals surface area contributed by atoms with Crippen molar-refractivity contribution in [3.63, 3.8) is 0 Å². The van der Waals surface area contributed by atoms with Gasteiger partial charge in [-0.15, -0.1) is 0 Å². The molecule has 0 radical (unpaired) electrons. The first-order valence-electron chi connectivity index (χ1n) is 5.44. The van der Waals surface area contributed by atoms with E-state index in [9.17, 15) is 10.2 Å². The van der Waals surface area contributed by atoms with Gasteiger partial charge in [-0.3, -0.25) is 4.68 Å². The fraction of sp³-hybridized carbons (Fsp3) is 0.700. The van der Waals surface area contributed by atoms with Crippen molar-refractivity contribution in [2.75, 3.05) is 6.54 Å². The summed E-state index contributed by atoms with van der Waals surface area (Å²) >= 11 is 0. The van der Waals surface area contributed by atoms with E-state index < -0.39 is 12.2 Å². The minimum atomic E-state index is -1.11. The van der Waals surface area contributed by atoms with Crippen LogP contribution in [0.3, 0.4) is 0 Å². The van der Waals surface area contributed by atoms with Crippen LogP contribution >= 0.6 is 0 Å². The normalized spacial score (nSPS) is 14.4. The summed E-state index contributed by atoms with van der Waals surface area (Å²) in [6, 6.07) is 0. The second-order valence-electron chi connectivity index (χ2n) is 4.32. The Morgan fingerprint density at radius 3 is 2.82 bits per heavy atom. The number of aliphatic hydroxyl groups is 2. The number of aliphatic hydroxyl groups excluding tert-OH is 2. The number of hydrogen-bond donors (Lipinski definition) is 2. The summed E-state index contributed by atoms with van der Waals surface area (Å²) in [4.78, 5) is 2.53. The summed E-state index contributed by atoms with van der Waals surface area (Å²) in [6.07, 6.45) is 1.00. The first kappa shape index (κ1) is 13.5. The standard InChI is InChI=1S/C10H17N5O2/c1-7(2)5-15-6-8(3-13-15)10(17)9(16)4-12-14-11/h3,6-7,9-10,16-17H,4-5H2,1-2H3. The Hall–Kier alpha value is -1.56. The zero-order chi connectivity index (χ0) is 12.8. The van der Waals surface area contributed by atoms with Crippen LogP contribution < -0.4 is 0 Å². The van der Waals surface area contributed by atoms with E-state index in [0.29, 0.717) is 11.5 Å². The zero-order valence-corrected chi connectivity index (χ0v) is 9.93. The number of nitrogens with zero attached hydrogens (tertiary/aromatic N) is 5. The van der Waals surface area contributed by atoms with E-state index in [1.807, 2.05) is 0 Å². The van der Waals surface area contributed by atoms with Gasteiger partial charge in [-0.1, -0.05) is 19.0 Å². The van der Waals surface area contributed by atoms with Gasteiger partial charge in [-0.2, -0.15) is 5.10 Å². The van der Waals surface area contributed by atoms with Gasteiger partial charge in [0.15, 0.2) is 0 Å². The van der Waals surface area contributed by atoms with Gasteiger partial charge in [0, 0.05) is 23.2 Å². The van der Waals surface area contributed by atoms with Gasteiger partial charge in [-0.05, 0) is 11.4 Å². The van der Waals surface area contributed by atoms with E-state index in [1.54, 1.807) is 10.9 Å². The molecule has 94 valence electrons.